The van der Waals surface area contributed by atoms with Crippen LogP contribution in [0.1, 0.15) is 27.5 Å². The molecule has 0 unspecified atom stereocenters. The van der Waals surface area contributed by atoms with Crippen LogP contribution >= 0.6 is 0 Å². The van der Waals surface area contributed by atoms with E-state index >= 15 is 0 Å². The second kappa shape index (κ2) is 6.89. The molecule has 6 nitrogen and oxygen atoms in total. The van der Waals surface area contributed by atoms with Gasteiger partial charge in [-0.25, -0.2) is 9.78 Å². The number of fused-ring (bicyclic) bond motifs is 1. The first-order valence-electron chi connectivity index (χ1n) is 8.56. The summed E-state index contributed by atoms with van der Waals surface area (Å²) < 4.78 is 5.81. The number of carboxylic acid groups (broad SMARTS) is 1. The van der Waals surface area contributed by atoms with Crippen molar-refractivity contribution in [2.45, 2.75) is 6.92 Å². The van der Waals surface area contributed by atoms with Crippen LogP contribution in [0.15, 0.2) is 59.0 Å². The number of nitriles is 1. The van der Waals surface area contributed by atoms with Gasteiger partial charge in [0.25, 0.3) is 0 Å². The van der Waals surface area contributed by atoms with E-state index in [0.717, 1.165) is 11.0 Å². The van der Waals surface area contributed by atoms with Crippen molar-refractivity contribution in [3.05, 3.63) is 77.3 Å². The van der Waals surface area contributed by atoms with E-state index in [0.29, 0.717) is 34.0 Å². The van der Waals surface area contributed by atoms with E-state index in [-0.39, 0.29) is 5.56 Å². The van der Waals surface area contributed by atoms with Crippen molar-refractivity contribution >= 4 is 28.7 Å². The van der Waals surface area contributed by atoms with Crippen molar-refractivity contribution in [3.63, 3.8) is 0 Å². The average Bonchev–Trinajstić information content (AvgIpc) is 3.33. The number of rotatable bonds is 4. The van der Waals surface area contributed by atoms with Crippen molar-refractivity contribution in [3.8, 4) is 17.4 Å². The molecule has 0 saturated heterocycles. The second-order valence-electron chi connectivity index (χ2n) is 6.31. The molecule has 0 aliphatic rings. The number of aromatic nitrogens is 2. The predicted octanol–water partition coefficient (Wildman–Crippen LogP) is 4.89. The van der Waals surface area contributed by atoms with Gasteiger partial charge >= 0.3 is 5.97 Å². The van der Waals surface area contributed by atoms with Crippen LogP contribution in [-0.4, -0.2) is 21.0 Å². The van der Waals surface area contributed by atoms with Crippen LogP contribution in [0, 0.1) is 18.3 Å². The number of benzene rings is 2. The van der Waals surface area contributed by atoms with Gasteiger partial charge in [0.15, 0.2) is 0 Å². The molecule has 0 aliphatic heterocycles. The van der Waals surface area contributed by atoms with Crippen molar-refractivity contribution in [1.82, 2.24) is 9.97 Å². The predicted molar refractivity (Wildman–Crippen MR) is 105 cm³/mol. The van der Waals surface area contributed by atoms with Gasteiger partial charge in [0, 0.05) is 11.6 Å². The maximum atomic E-state index is 11.3. The first-order valence-corrected chi connectivity index (χ1v) is 8.56. The average molecular weight is 369 g/mol. The highest BCUT2D eigenvalue weighted by molar-refractivity contribution is 5.91. The summed E-state index contributed by atoms with van der Waals surface area (Å²) in [4.78, 5) is 18.9. The maximum Gasteiger partial charge on any atom is 0.335 e. The summed E-state index contributed by atoms with van der Waals surface area (Å²) in [6.45, 7) is 1.75. The van der Waals surface area contributed by atoms with Crippen LogP contribution in [0.5, 0.6) is 0 Å². The standard InChI is InChI=1S/C22H15N3O3/c1-13-6-7-14(11-17(13)22(26)27)20-9-8-16(28-20)10-15(12-23)21-24-18-4-2-3-5-19(18)25-21/h2-11H,1H3,(H,24,25)(H,26,27). The van der Waals surface area contributed by atoms with Gasteiger partial charge in [-0.05, 0) is 42.8 Å². The number of aromatic amines is 1. The number of aryl methyl sites for hydroxylation is 1. The van der Waals surface area contributed by atoms with Crippen molar-refractivity contribution in [1.29, 1.82) is 5.26 Å². The summed E-state index contributed by atoms with van der Waals surface area (Å²) in [7, 11) is 0. The fraction of sp³-hybridized carbons (Fsp3) is 0.0455. The SMILES string of the molecule is Cc1ccc(-c2ccc(C=C(C#N)c3nc4ccccc4[nH]3)o2)cc1C(=O)O. The number of allylic oxidation sites excluding steroid dienone is 1. The Morgan fingerprint density at radius 1 is 1.21 bits per heavy atom. The topological polar surface area (TPSA) is 103 Å². The third-order valence-electron chi connectivity index (χ3n) is 4.43. The largest absolute Gasteiger partial charge is 0.478 e. The normalized spacial score (nSPS) is 11.5. The Morgan fingerprint density at radius 2 is 2.04 bits per heavy atom. The third kappa shape index (κ3) is 3.17. The minimum atomic E-state index is -0.984. The van der Waals surface area contributed by atoms with E-state index in [1.165, 1.54) is 0 Å². The minimum Gasteiger partial charge on any atom is -0.478 e. The number of hydrogen-bond donors (Lipinski definition) is 2. The number of H-pyrrole nitrogens is 1. The summed E-state index contributed by atoms with van der Waals surface area (Å²) in [5, 5.41) is 18.8. The van der Waals surface area contributed by atoms with Crippen LogP contribution in [-0.2, 0) is 0 Å². The van der Waals surface area contributed by atoms with Gasteiger partial charge in [0.1, 0.15) is 23.4 Å². The molecule has 0 radical (unpaired) electrons. The Hall–Kier alpha value is -4.11. The highest BCUT2D eigenvalue weighted by atomic mass is 16.4. The molecule has 2 aromatic heterocycles. The molecule has 2 aromatic carbocycles. The van der Waals surface area contributed by atoms with E-state index in [4.69, 9.17) is 4.42 Å². The Bertz CT molecular complexity index is 1240. The van der Waals surface area contributed by atoms with Gasteiger partial charge in [-0.15, -0.1) is 0 Å². The van der Waals surface area contributed by atoms with Crippen LogP contribution in [0.25, 0.3) is 34.0 Å². The van der Waals surface area contributed by atoms with Crippen molar-refractivity contribution in [2.75, 3.05) is 0 Å². The lowest BCUT2D eigenvalue weighted by Gasteiger charge is -2.03. The molecule has 136 valence electrons. The Labute approximate surface area is 160 Å². The number of carboxylic acids is 1. The number of nitrogens with one attached hydrogen (secondary N) is 1. The molecule has 0 bridgehead atoms. The summed E-state index contributed by atoms with van der Waals surface area (Å²) in [6, 6.07) is 18.3. The van der Waals surface area contributed by atoms with E-state index in [1.54, 1.807) is 43.3 Å². The van der Waals surface area contributed by atoms with Crippen molar-refractivity contribution < 1.29 is 14.3 Å². The third-order valence-corrected chi connectivity index (χ3v) is 4.43. The molecular formula is C22H15N3O3. The second-order valence-corrected chi connectivity index (χ2v) is 6.31. The maximum absolute atomic E-state index is 11.3. The molecular weight excluding hydrogens is 354 g/mol. The molecule has 0 aliphatic carbocycles. The molecule has 2 heterocycles. The molecule has 4 rings (SSSR count). The van der Waals surface area contributed by atoms with E-state index < -0.39 is 5.97 Å². The number of furan rings is 1. The number of para-hydroxylation sites is 2. The lowest BCUT2D eigenvalue weighted by atomic mass is 10.0. The number of imidazole rings is 1. The first-order chi connectivity index (χ1) is 13.5. The summed E-state index contributed by atoms with van der Waals surface area (Å²) in [5.41, 5.74) is 3.53. The molecule has 28 heavy (non-hydrogen) atoms. The smallest absolute Gasteiger partial charge is 0.335 e. The van der Waals surface area contributed by atoms with Gasteiger partial charge in [-0.1, -0.05) is 24.3 Å². The lowest BCUT2D eigenvalue weighted by Crippen LogP contribution is -1.99. The quantitative estimate of drug-likeness (QED) is 0.498. The Balaban J connectivity index is 1.69. The van der Waals surface area contributed by atoms with Crippen LogP contribution < -0.4 is 0 Å². The van der Waals surface area contributed by atoms with Gasteiger partial charge in [0.2, 0.25) is 0 Å². The summed E-state index contributed by atoms with van der Waals surface area (Å²) in [6.07, 6.45) is 1.60. The lowest BCUT2D eigenvalue weighted by molar-refractivity contribution is 0.0696. The van der Waals surface area contributed by atoms with Crippen LogP contribution in [0.4, 0.5) is 0 Å². The zero-order valence-electron chi connectivity index (χ0n) is 14.9. The molecule has 0 fully saturated rings. The molecule has 0 saturated carbocycles. The van der Waals surface area contributed by atoms with Gasteiger partial charge in [-0.3, -0.25) is 0 Å². The molecule has 0 spiro atoms. The highest BCUT2D eigenvalue weighted by Crippen LogP contribution is 2.27. The van der Waals surface area contributed by atoms with Crippen molar-refractivity contribution in [2.24, 2.45) is 0 Å². The van der Waals surface area contributed by atoms with E-state index in [2.05, 4.69) is 16.0 Å². The first kappa shape index (κ1) is 17.3. The fourth-order valence-electron chi connectivity index (χ4n) is 2.97. The van der Waals surface area contributed by atoms with E-state index in [9.17, 15) is 15.2 Å². The molecule has 6 heteroatoms. The molecule has 0 atom stereocenters. The highest BCUT2D eigenvalue weighted by Gasteiger charge is 2.12. The van der Waals surface area contributed by atoms with Gasteiger partial charge in [0.05, 0.1) is 22.2 Å². The monoisotopic (exact) mass is 369 g/mol. The molecule has 4 aromatic rings. The fourth-order valence-corrected chi connectivity index (χ4v) is 2.97. The number of nitrogens with zero attached hydrogens (tertiary/aromatic N) is 2. The van der Waals surface area contributed by atoms with Gasteiger partial charge < -0.3 is 14.5 Å². The van der Waals surface area contributed by atoms with Crippen LogP contribution in [0.3, 0.4) is 0 Å². The number of aromatic carboxylic acids is 1. The number of carbonyl (C=O) groups is 1. The molecule has 2 N–H and O–H groups in total. The summed E-state index contributed by atoms with van der Waals surface area (Å²) in [5.74, 6) is 0.480. The van der Waals surface area contributed by atoms with Gasteiger partial charge in [-0.2, -0.15) is 5.26 Å². The zero-order valence-corrected chi connectivity index (χ0v) is 14.9. The Morgan fingerprint density at radius 3 is 2.79 bits per heavy atom. The Kier molecular flexibility index (Phi) is 4.26. The van der Waals surface area contributed by atoms with E-state index in [1.807, 2.05) is 24.3 Å². The van der Waals surface area contributed by atoms with Crippen LogP contribution in [0.2, 0.25) is 0 Å². The summed E-state index contributed by atoms with van der Waals surface area (Å²) >= 11 is 0. The zero-order chi connectivity index (χ0) is 19.7. The minimum absolute atomic E-state index is 0.228. The molecule has 0 amide bonds. The number of hydrogen-bond acceptors (Lipinski definition) is 4.